The Bertz CT molecular complexity index is 1270. The minimum absolute atomic E-state index is 0.0507. The molecule has 0 saturated heterocycles. The first-order valence-electron chi connectivity index (χ1n) is 10.7. The van der Waals surface area contributed by atoms with E-state index in [1.165, 1.54) is 18.2 Å². The van der Waals surface area contributed by atoms with Crippen molar-refractivity contribution in [3.05, 3.63) is 83.4 Å². The molecule has 0 aliphatic carbocycles. The van der Waals surface area contributed by atoms with Crippen molar-refractivity contribution in [2.75, 3.05) is 17.9 Å². The lowest BCUT2D eigenvalue weighted by atomic mass is 10.0. The van der Waals surface area contributed by atoms with Gasteiger partial charge in [0, 0.05) is 23.7 Å². The molecule has 1 atom stereocenters. The van der Waals surface area contributed by atoms with Gasteiger partial charge in [0.1, 0.15) is 0 Å². The lowest BCUT2D eigenvalue weighted by Crippen LogP contribution is -2.27. The van der Waals surface area contributed by atoms with Gasteiger partial charge in [0.2, 0.25) is 0 Å². The SMILES string of the molecule is Cc1ccccc1C(C)NC(=O)c1cccc(NS(=O)(=O)c2ccc3c(c2)OCCCO3)c1. The van der Waals surface area contributed by atoms with Crippen LogP contribution >= 0.6 is 0 Å². The van der Waals surface area contributed by atoms with Crippen LogP contribution in [0.2, 0.25) is 0 Å². The van der Waals surface area contributed by atoms with Crippen LogP contribution in [0.4, 0.5) is 5.69 Å². The van der Waals surface area contributed by atoms with Crippen LogP contribution in [-0.4, -0.2) is 27.5 Å². The van der Waals surface area contributed by atoms with Crippen LogP contribution in [0.1, 0.15) is 40.9 Å². The second-order valence-electron chi connectivity index (χ2n) is 7.90. The highest BCUT2D eigenvalue weighted by molar-refractivity contribution is 7.92. The third-order valence-corrected chi connectivity index (χ3v) is 6.79. The Morgan fingerprint density at radius 2 is 1.70 bits per heavy atom. The van der Waals surface area contributed by atoms with Gasteiger partial charge in [-0.25, -0.2) is 8.42 Å². The normalized spacial score (nSPS) is 14.1. The average Bonchev–Trinajstić information content (AvgIpc) is 3.04. The van der Waals surface area contributed by atoms with E-state index in [0.29, 0.717) is 36.0 Å². The molecule has 4 rings (SSSR count). The zero-order valence-corrected chi connectivity index (χ0v) is 19.3. The summed E-state index contributed by atoms with van der Waals surface area (Å²) in [6.45, 7) is 4.89. The number of anilines is 1. The van der Waals surface area contributed by atoms with Crippen LogP contribution in [0.15, 0.2) is 71.6 Å². The molecule has 1 aliphatic rings. The predicted molar refractivity (Wildman–Crippen MR) is 126 cm³/mol. The topological polar surface area (TPSA) is 93.7 Å². The maximum absolute atomic E-state index is 12.9. The second kappa shape index (κ2) is 9.54. The lowest BCUT2D eigenvalue weighted by molar-refractivity contribution is 0.0940. The van der Waals surface area contributed by atoms with Gasteiger partial charge in [0.25, 0.3) is 15.9 Å². The number of fused-ring (bicyclic) bond motifs is 1. The fourth-order valence-electron chi connectivity index (χ4n) is 3.68. The maximum Gasteiger partial charge on any atom is 0.262 e. The summed E-state index contributed by atoms with van der Waals surface area (Å²) in [5.41, 5.74) is 2.76. The van der Waals surface area contributed by atoms with E-state index in [2.05, 4.69) is 10.0 Å². The largest absolute Gasteiger partial charge is 0.490 e. The molecular formula is C25H26N2O5S. The van der Waals surface area contributed by atoms with Crippen LogP contribution in [0, 0.1) is 6.92 Å². The highest BCUT2D eigenvalue weighted by Gasteiger charge is 2.20. The van der Waals surface area contributed by atoms with Gasteiger partial charge in [-0.05, 0) is 55.3 Å². The van der Waals surface area contributed by atoms with Gasteiger partial charge in [-0.15, -0.1) is 0 Å². The molecule has 0 aromatic heterocycles. The quantitative estimate of drug-likeness (QED) is 0.560. The van der Waals surface area contributed by atoms with E-state index in [0.717, 1.165) is 17.5 Å². The highest BCUT2D eigenvalue weighted by atomic mass is 32.2. The van der Waals surface area contributed by atoms with Crippen molar-refractivity contribution in [1.29, 1.82) is 0 Å². The van der Waals surface area contributed by atoms with Crippen molar-refractivity contribution in [3.8, 4) is 11.5 Å². The summed E-state index contributed by atoms with van der Waals surface area (Å²) in [6, 6.07) is 18.6. The zero-order valence-electron chi connectivity index (χ0n) is 18.5. The van der Waals surface area contributed by atoms with E-state index >= 15 is 0 Å². The number of carbonyl (C=O) groups excluding carboxylic acids is 1. The molecule has 0 bridgehead atoms. The lowest BCUT2D eigenvalue weighted by Gasteiger charge is -2.17. The zero-order chi connectivity index (χ0) is 23.4. The van der Waals surface area contributed by atoms with Crippen molar-refractivity contribution >= 4 is 21.6 Å². The number of ether oxygens (including phenoxy) is 2. The van der Waals surface area contributed by atoms with E-state index in [4.69, 9.17) is 9.47 Å². The molecule has 3 aromatic carbocycles. The minimum Gasteiger partial charge on any atom is -0.490 e. The van der Waals surface area contributed by atoms with Gasteiger partial charge in [-0.3, -0.25) is 9.52 Å². The Balaban J connectivity index is 1.50. The monoisotopic (exact) mass is 466 g/mol. The number of sulfonamides is 1. The highest BCUT2D eigenvalue weighted by Crippen LogP contribution is 2.32. The molecule has 0 radical (unpaired) electrons. The number of benzene rings is 3. The van der Waals surface area contributed by atoms with Gasteiger partial charge in [-0.1, -0.05) is 30.3 Å². The third kappa shape index (κ3) is 5.28. The molecule has 172 valence electrons. The van der Waals surface area contributed by atoms with Gasteiger partial charge in [-0.2, -0.15) is 0 Å². The van der Waals surface area contributed by atoms with Crippen molar-refractivity contribution in [2.24, 2.45) is 0 Å². The first kappa shape index (κ1) is 22.7. The smallest absolute Gasteiger partial charge is 0.262 e. The molecule has 8 heteroatoms. The van der Waals surface area contributed by atoms with Gasteiger partial charge < -0.3 is 14.8 Å². The fourth-order valence-corrected chi connectivity index (χ4v) is 4.74. The molecule has 1 aliphatic heterocycles. The molecule has 0 fully saturated rings. The first-order valence-corrected chi connectivity index (χ1v) is 12.2. The summed E-state index contributed by atoms with van der Waals surface area (Å²) < 4.78 is 39.6. The summed E-state index contributed by atoms with van der Waals surface area (Å²) in [6.07, 6.45) is 0.728. The number of nitrogens with one attached hydrogen (secondary N) is 2. The molecule has 0 spiro atoms. The molecule has 0 saturated carbocycles. The summed E-state index contributed by atoms with van der Waals surface area (Å²) in [5, 5.41) is 2.97. The second-order valence-corrected chi connectivity index (χ2v) is 9.58. The van der Waals surface area contributed by atoms with Crippen LogP contribution < -0.4 is 19.5 Å². The molecule has 2 N–H and O–H groups in total. The van der Waals surface area contributed by atoms with Crippen LogP contribution in [0.25, 0.3) is 0 Å². The summed E-state index contributed by atoms with van der Waals surface area (Å²) >= 11 is 0. The van der Waals surface area contributed by atoms with E-state index < -0.39 is 10.0 Å². The minimum atomic E-state index is -3.89. The molecule has 3 aromatic rings. The molecular weight excluding hydrogens is 440 g/mol. The molecule has 1 amide bonds. The van der Waals surface area contributed by atoms with Crippen LogP contribution in [0.5, 0.6) is 11.5 Å². The van der Waals surface area contributed by atoms with Gasteiger partial charge >= 0.3 is 0 Å². The Labute approximate surface area is 193 Å². The van der Waals surface area contributed by atoms with Crippen LogP contribution in [-0.2, 0) is 10.0 Å². The Morgan fingerprint density at radius 3 is 2.48 bits per heavy atom. The predicted octanol–water partition coefficient (Wildman–Crippen LogP) is 4.45. The Hall–Kier alpha value is -3.52. The van der Waals surface area contributed by atoms with E-state index in [9.17, 15) is 13.2 Å². The maximum atomic E-state index is 12.9. The molecule has 33 heavy (non-hydrogen) atoms. The first-order chi connectivity index (χ1) is 15.8. The number of hydrogen-bond donors (Lipinski definition) is 2. The Kier molecular flexibility index (Phi) is 6.55. The van der Waals surface area contributed by atoms with Crippen molar-refractivity contribution in [2.45, 2.75) is 31.2 Å². The fraction of sp³-hybridized carbons (Fsp3) is 0.240. The van der Waals surface area contributed by atoms with Gasteiger partial charge in [0.15, 0.2) is 11.5 Å². The Morgan fingerprint density at radius 1 is 0.939 bits per heavy atom. The van der Waals surface area contributed by atoms with Crippen LogP contribution in [0.3, 0.4) is 0 Å². The molecule has 1 heterocycles. The van der Waals surface area contributed by atoms with E-state index in [-0.39, 0.29) is 16.8 Å². The number of hydrogen-bond acceptors (Lipinski definition) is 5. The van der Waals surface area contributed by atoms with Crippen molar-refractivity contribution in [1.82, 2.24) is 5.32 Å². The average molecular weight is 467 g/mol. The van der Waals surface area contributed by atoms with E-state index in [1.807, 2.05) is 38.1 Å². The third-order valence-electron chi connectivity index (χ3n) is 5.41. The van der Waals surface area contributed by atoms with E-state index in [1.54, 1.807) is 24.3 Å². The number of carbonyl (C=O) groups is 1. The van der Waals surface area contributed by atoms with Crippen molar-refractivity contribution < 1.29 is 22.7 Å². The number of amides is 1. The molecule has 7 nitrogen and oxygen atoms in total. The summed E-state index contributed by atoms with van der Waals surface area (Å²) in [5.74, 6) is 0.629. The standard InChI is InChI=1S/C25H26N2O5S/c1-17-7-3-4-10-22(17)18(2)26-25(28)19-8-5-9-20(15-19)27-33(29,30)21-11-12-23-24(16-21)32-14-6-13-31-23/h3-5,7-12,15-16,18,27H,6,13-14H2,1-2H3,(H,26,28). The summed E-state index contributed by atoms with van der Waals surface area (Å²) in [7, 11) is -3.89. The molecule has 1 unspecified atom stereocenters. The van der Waals surface area contributed by atoms with Gasteiger partial charge in [0.05, 0.1) is 24.2 Å². The summed E-state index contributed by atoms with van der Waals surface area (Å²) in [4.78, 5) is 12.9. The number of aryl methyl sites for hydroxylation is 1. The van der Waals surface area contributed by atoms with Crippen molar-refractivity contribution in [3.63, 3.8) is 0 Å². The number of rotatable bonds is 6.